The zero-order valence-electron chi connectivity index (χ0n) is 12.0. The molecule has 0 radical (unpaired) electrons. The first kappa shape index (κ1) is 13.8. The molecule has 1 aromatic carbocycles. The van der Waals surface area contributed by atoms with Crippen molar-refractivity contribution in [1.29, 1.82) is 0 Å². The number of nitrogens with zero attached hydrogens (tertiary/aromatic N) is 2. The van der Waals surface area contributed by atoms with E-state index in [0.29, 0.717) is 6.54 Å². The fourth-order valence-electron chi connectivity index (χ4n) is 2.71. The van der Waals surface area contributed by atoms with Crippen molar-refractivity contribution >= 4 is 5.91 Å². The summed E-state index contributed by atoms with van der Waals surface area (Å²) in [5, 5.41) is 10.6. The van der Waals surface area contributed by atoms with E-state index in [9.17, 15) is 4.79 Å². The third-order valence-corrected chi connectivity index (χ3v) is 3.91. The molecule has 1 amide bonds. The fraction of sp³-hybridized carbons (Fsp3) is 0.375. The predicted molar refractivity (Wildman–Crippen MR) is 81.0 cm³/mol. The molecular formula is C16H20N4O. The summed E-state index contributed by atoms with van der Waals surface area (Å²) in [6, 6.07) is 9.90. The molecule has 2 heterocycles. The molecule has 1 aliphatic heterocycles. The number of rotatable bonds is 4. The molecule has 0 unspecified atom stereocenters. The number of amides is 1. The van der Waals surface area contributed by atoms with Crippen LogP contribution in [0.2, 0.25) is 0 Å². The highest BCUT2D eigenvalue weighted by Crippen LogP contribution is 2.15. The largest absolute Gasteiger partial charge is 0.352 e. The van der Waals surface area contributed by atoms with Gasteiger partial charge in [-0.2, -0.15) is 5.10 Å². The minimum atomic E-state index is 0.142. The van der Waals surface area contributed by atoms with Gasteiger partial charge < -0.3 is 10.6 Å². The Hall–Kier alpha value is -2.14. The Balaban J connectivity index is 1.66. The van der Waals surface area contributed by atoms with Gasteiger partial charge in [0.15, 0.2) is 0 Å². The lowest BCUT2D eigenvalue weighted by atomic mass is 9.97. The number of aromatic nitrogens is 2. The van der Waals surface area contributed by atoms with Crippen LogP contribution < -0.4 is 10.6 Å². The summed E-state index contributed by atoms with van der Waals surface area (Å²) in [4.78, 5) is 12.2. The van der Waals surface area contributed by atoms with Crippen LogP contribution in [0.3, 0.4) is 0 Å². The van der Waals surface area contributed by atoms with Crippen molar-refractivity contribution in [1.82, 2.24) is 20.4 Å². The Morgan fingerprint density at radius 3 is 2.86 bits per heavy atom. The van der Waals surface area contributed by atoms with E-state index in [4.69, 9.17) is 0 Å². The Labute approximate surface area is 124 Å². The van der Waals surface area contributed by atoms with Gasteiger partial charge in [0.2, 0.25) is 5.91 Å². The van der Waals surface area contributed by atoms with Crippen molar-refractivity contribution in [3.8, 4) is 5.69 Å². The van der Waals surface area contributed by atoms with Gasteiger partial charge in [0.1, 0.15) is 0 Å². The molecule has 0 atom stereocenters. The normalized spacial score (nSPS) is 15.8. The number of nitrogens with one attached hydrogen (secondary N) is 2. The SMILES string of the molecule is O=C(NCc1ccccc1-n1cccn1)C1CCNCC1. The van der Waals surface area contributed by atoms with Gasteiger partial charge in [-0.1, -0.05) is 18.2 Å². The molecule has 0 aliphatic carbocycles. The summed E-state index contributed by atoms with van der Waals surface area (Å²) in [6.45, 7) is 2.41. The summed E-state index contributed by atoms with van der Waals surface area (Å²) >= 11 is 0. The Morgan fingerprint density at radius 1 is 1.29 bits per heavy atom. The molecule has 2 aromatic rings. The molecule has 1 fully saturated rings. The van der Waals surface area contributed by atoms with Crippen LogP contribution in [-0.2, 0) is 11.3 Å². The third-order valence-electron chi connectivity index (χ3n) is 3.91. The minimum Gasteiger partial charge on any atom is -0.352 e. The monoisotopic (exact) mass is 284 g/mol. The van der Waals surface area contributed by atoms with Crippen LogP contribution >= 0.6 is 0 Å². The van der Waals surface area contributed by atoms with Gasteiger partial charge in [-0.05, 0) is 43.6 Å². The molecule has 1 saturated heterocycles. The van der Waals surface area contributed by atoms with Gasteiger partial charge in [0.25, 0.3) is 0 Å². The standard InChI is InChI=1S/C16H20N4O/c21-16(13-6-9-17-10-7-13)18-12-14-4-1-2-5-15(14)20-11-3-8-19-20/h1-5,8,11,13,17H,6-7,9-10,12H2,(H,18,21). The lowest BCUT2D eigenvalue weighted by Crippen LogP contribution is -2.38. The van der Waals surface area contributed by atoms with Crippen LogP contribution in [0.1, 0.15) is 18.4 Å². The Bertz CT molecular complexity index is 588. The average Bonchev–Trinajstić information content (AvgIpc) is 3.08. The number of para-hydroxylation sites is 1. The van der Waals surface area contributed by atoms with E-state index in [1.165, 1.54) is 0 Å². The van der Waals surface area contributed by atoms with E-state index in [2.05, 4.69) is 15.7 Å². The molecule has 1 aromatic heterocycles. The second kappa shape index (κ2) is 6.54. The first-order chi connectivity index (χ1) is 10.3. The van der Waals surface area contributed by atoms with Crippen LogP contribution in [0.4, 0.5) is 0 Å². The van der Waals surface area contributed by atoms with Gasteiger partial charge in [-0.3, -0.25) is 4.79 Å². The summed E-state index contributed by atoms with van der Waals surface area (Å²) in [7, 11) is 0. The van der Waals surface area contributed by atoms with E-state index in [-0.39, 0.29) is 11.8 Å². The summed E-state index contributed by atoms with van der Waals surface area (Å²) in [6.07, 6.45) is 5.51. The first-order valence-electron chi connectivity index (χ1n) is 7.41. The topological polar surface area (TPSA) is 59.0 Å². The first-order valence-corrected chi connectivity index (χ1v) is 7.41. The molecule has 2 N–H and O–H groups in total. The highest BCUT2D eigenvalue weighted by atomic mass is 16.1. The Kier molecular flexibility index (Phi) is 4.31. The smallest absolute Gasteiger partial charge is 0.223 e. The molecule has 3 rings (SSSR count). The molecule has 0 bridgehead atoms. The lowest BCUT2D eigenvalue weighted by molar-refractivity contribution is -0.125. The fourth-order valence-corrected chi connectivity index (χ4v) is 2.71. The zero-order chi connectivity index (χ0) is 14.5. The lowest BCUT2D eigenvalue weighted by Gasteiger charge is -2.22. The van der Waals surface area contributed by atoms with Crippen LogP contribution in [0.15, 0.2) is 42.7 Å². The van der Waals surface area contributed by atoms with Crippen LogP contribution in [-0.4, -0.2) is 28.8 Å². The molecule has 0 spiro atoms. The maximum Gasteiger partial charge on any atom is 0.223 e. The molecule has 5 nitrogen and oxygen atoms in total. The number of carbonyl (C=O) groups is 1. The number of hydrogen-bond acceptors (Lipinski definition) is 3. The number of hydrogen-bond donors (Lipinski definition) is 2. The molecule has 110 valence electrons. The molecular weight excluding hydrogens is 264 g/mol. The van der Waals surface area contributed by atoms with E-state index in [1.54, 1.807) is 6.20 Å². The molecule has 5 heteroatoms. The molecule has 1 aliphatic rings. The maximum absolute atomic E-state index is 12.2. The van der Waals surface area contributed by atoms with Crippen molar-refractivity contribution < 1.29 is 4.79 Å². The van der Waals surface area contributed by atoms with Gasteiger partial charge >= 0.3 is 0 Å². The van der Waals surface area contributed by atoms with Gasteiger partial charge in [0.05, 0.1) is 5.69 Å². The highest BCUT2D eigenvalue weighted by Gasteiger charge is 2.20. The summed E-state index contributed by atoms with van der Waals surface area (Å²) in [5.74, 6) is 0.301. The predicted octanol–water partition coefficient (Wildman–Crippen LogP) is 1.49. The van der Waals surface area contributed by atoms with Crippen molar-refractivity contribution in [3.05, 3.63) is 48.3 Å². The van der Waals surface area contributed by atoms with Crippen molar-refractivity contribution in [2.24, 2.45) is 5.92 Å². The third kappa shape index (κ3) is 3.31. The van der Waals surface area contributed by atoms with Crippen molar-refractivity contribution in [2.45, 2.75) is 19.4 Å². The van der Waals surface area contributed by atoms with E-state index >= 15 is 0 Å². The van der Waals surface area contributed by atoms with E-state index in [0.717, 1.165) is 37.2 Å². The van der Waals surface area contributed by atoms with Gasteiger partial charge in [-0.25, -0.2) is 4.68 Å². The number of piperidine rings is 1. The molecule has 21 heavy (non-hydrogen) atoms. The maximum atomic E-state index is 12.2. The number of carbonyl (C=O) groups excluding carboxylic acids is 1. The van der Waals surface area contributed by atoms with Gasteiger partial charge in [-0.15, -0.1) is 0 Å². The van der Waals surface area contributed by atoms with Crippen molar-refractivity contribution in [3.63, 3.8) is 0 Å². The molecule has 0 saturated carbocycles. The highest BCUT2D eigenvalue weighted by molar-refractivity contribution is 5.78. The van der Waals surface area contributed by atoms with Crippen LogP contribution in [0.25, 0.3) is 5.69 Å². The van der Waals surface area contributed by atoms with Crippen LogP contribution in [0, 0.1) is 5.92 Å². The van der Waals surface area contributed by atoms with E-state index < -0.39 is 0 Å². The second-order valence-corrected chi connectivity index (χ2v) is 5.32. The quantitative estimate of drug-likeness (QED) is 0.894. The second-order valence-electron chi connectivity index (χ2n) is 5.32. The van der Waals surface area contributed by atoms with Crippen LogP contribution in [0.5, 0.6) is 0 Å². The van der Waals surface area contributed by atoms with E-state index in [1.807, 2.05) is 41.2 Å². The summed E-state index contributed by atoms with van der Waals surface area (Å²) < 4.78 is 1.83. The Morgan fingerprint density at radius 2 is 2.10 bits per heavy atom. The van der Waals surface area contributed by atoms with Crippen molar-refractivity contribution in [2.75, 3.05) is 13.1 Å². The van der Waals surface area contributed by atoms with Gasteiger partial charge in [0, 0.05) is 24.9 Å². The zero-order valence-corrected chi connectivity index (χ0v) is 12.0. The number of benzene rings is 1. The average molecular weight is 284 g/mol. The minimum absolute atomic E-state index is 0.142. The summed E-state index contributed by atoms with van der Waals surface area (Å²) in [5.41, 5.74) is 2.08.